The van der Waals surface area contributed by atoms with E-state index in [1.165, 1.54) is 12.2 Å². The Bertz CT molecular complexity index is 363. The van der Waals surface area contributed by atoms with Gasteiger partial charge in [0, 0.05) is 11.8 Å². The summed E-state index contributed by atoms with van der Waals surface area (Å²) < 4.78 is 0. The smallest absolute Gasteiger partial charge is 0.253 e. The topological polar surface area (TPSA) is 49.3 Å². The molecule has 0 aliphatic carbocycles. The molecule has 17 heavy (non-hydrogen) atoms. The summed E-state index contributed by atoms with van der Waals surface area (Å²) in [4.78, 5) is 11.7. The first-order valence-corrected chi connectivity index (χ1v) is 6.94. The zero-order chi connectivity index (χ0) is 12.1. The average Bonchev–Trinajstić information content (AvgIpc) is 2.89. The molecule has 0 aromatic heterocycles. The molecule has 2 N–H and O–H groups in total. The quantitative estimate of drug-likeness (QED) is 0.857. The highest BCUT2D eigenvalue weighted by molar-refractivity contribution is 8.00. The van der Waals surface area contributed by atoms with E-state index in [0.29, 0.717) is 17.4 Å². The molecule has 2 atom stereocenters. The Morgan fingerprint density at radius 2 is 2.24 bits per heavy atom. The largest absolute Gasteiger partial charge is 0.378 e. The third kappa shape index (κ3) is 3.48. The van der Waals surface area contributed by atoms with Gasteiger partial charge in [0.15, 0.2) is 6.10 Å². The molecule has 1 aromatic carbocycles. The predicted molar refractivity (Wildman–Crippen MR) is 69.9 cm³/mol. The van der Waals surface area contributed by atoms with E-state index in [-0.39, 0.29) is 5.91 Å². The lowest BCUT2D eigenvalue weighted by atomic mass is 10.1. The molecule has 2 unspecified atom stereocenters. The minimum atomic E-state index is -1.05. The molecule has 1 fully saturated rings. The molecule has 3 nitrogen and oxygen atoms in total. The number of amides is 1. The van der Waals surface area contributed by atoms with Gasteiger partial charge < -0.3 is 10.4 Å². The Hall–Kier alpha value is -1.00. The maximum Gasteiger partial charge on any atom is 0.253 e. The van der Waals surface area contributed by atoms with Crippen LogP contribution < -0.4 is 5.32 Å². The van der Waals surface area contributed by atoms with Crippen molar-refractivity contribution in [1.82, 2.24) is 5.32 Å². The number of hydrogen-bond acceptors (Lipinski definition) is 3. The number of hydrogen-bond donors (Lipinski definition) is 2. The third-order valence-electron chi connectivity index (χ3n) is 2.89. The SMILES string of the molecule is O=C(NCC1CCCS1)C(O)c1ccccc1. The molecule has 0 spiro atoms. The highest BCUT2D eigenvalue weighted by atomic mass is 32.2. The van der Waals surface area contributed by atoms with Crippen molar-refractivity contribution in [2.75, 3.05) is 12.3 Å². The Morgan fingerprint density at radius 3 is 2.88 bits per heavy atom. The second kappa shape index (κ2) is 6.07. The van der Waals surface area contributed by atoms with Crippen LogP contribution in [0.3, 0.4) is 0 Å². The number of rotatable bonds is 4. The first-order valence-electron chi connectivity index (χ1n) is 5.89. The highest BCUT2D eigenvalue weighted by Gasteiger charge is 2.20. The van der Waals surface area contributed by atoms with Gasteiger partial charge in [0.25, 0.3) is 5.91 Å². The van der Waals surface area contributed by atoms with Crippen LogP contribution in [0.25, 0.3) is 0 Å². The van der Waals surface area contributed by atoms with Gasteiger partial charge in [-0.1, -0.05) is 30.3 Å². The molecular weight excluding hydrogens is 234 g/mol. The van der Waals surface area contributed by atoms with Gasteiger partial charge in [0.2, 0.25) is 0 Å². The number of carbonyl (C=O) groups is 1. The Morgan fingerprint density at radius 1 is 1.47 bits per heavy atom. The molecule has 1 amide bonds. The Labute approximate surface area is 106 Å². The van der Waals surface area contributed by atoms with E-state index in [1.54, 1.807) is 12.1 Å². The summed E-state index contributed by atoms with van der Waals surface area (Å²) in [7, 11) is 0. The molecule has 4 heteroatoms. The van der Waals surface area contributed by atoms with Crippen LogP contribution in [-0.2, 0) is 4.79 Å². The Kier molecular flexibility index (Phi) is 4.45. The molecule has 1 saturated heterocycles. The number of aliphatic hydroxyl groups excluding tert-OH is 1. The first-order chi connectivity index (χ1) is 8.27. The molecule has 0 saturated carbocycles. The molecule has 0 radical (unpaired) electrons. The van der Waals surface area contributed by atoms with Crippen LogP contribution in [0.15, 0.2) is 30.3 Å². The van der Waals surface area contributed by atoms with Crippen LogP contribution in [0.2, 0.25) is 0 Å². The van der Waals surface area contributed by atoms with Crippen molar-refractivity contribution in [3.05, 3.63) is 35.9 Å². The first kappa shape index (κ1) is 12.5. The van der Waals surface area contributed by atoms with Crippen LogP contribution in [0.5, 0.6) is 0 Å². The monoisotopic (exact) mass is 251 g/mol. The van der Waals surface area contributed by atoms with E-state index >= 15 is 0 Å². The van der Waals surface area contributed by atoms with Gasteiger partial charge in [0.1, 0.15) is 0 Å². The van der Waals surface area contributed by atoms with Crippen LogP contribution in [0.4, 0.5) is 0 Å². The van der Waals surface area contributed by atoms with Gasteiger partial charge in [-0.3, -0.25) is 4.79 Å². The molecule has 1 aliphatic heterocycles. The number of carbonyl (C=O) groups excluding carboxylic acids is 1. The summed E-state index contributed by atoms with van der Waals surface area (Å²) in [6.45, 7) is 0.660. The molecule has 92 valence electrons. The number of thioether (sulfide) groups is 1. The van der Waals surface area contributed by atoms with Crippen molar-refractivity contribution < 1.29 is 9.90 Å². The molecule has 1 heterocycles. The van der Waals surface area contributed by atoms with Crippen LogP contribution >= 0.6 is 11.8 Å². The number of nitrogens with one attached hydrogen (secondary N) is 1. The summed E-state index contributed by atoms with van der Waals surface area (Å²) in [5.41, 5.74) is 0.643. The zero-order valence-corrected chi connectivity index (χ0v) is 10.5. The minimum Gasteiger partial charge on any atom is -0.378 e. The highest BCUT2D eigenvalue weighted by Crippen LogP contribution is 2.25. The molecular formula is C13H17NO2S. The molecule has 0 bridgehead atoms. The standard InChI is InChI=1S/C13H17NO2S/c15-12(10-5-2-1-3-6-10)13(16)14-9-11-7-4-8-17-11/h1-3,5-6,11-12,15H,4,7-9H2,(H,14,16). The van der Waals surface area contributed by atoms with Crippen molar-refractivity contribution in [3.63, 3.8) is 0 Å². The summed E-state index contributed by atoms with van der Waals surface area (Å²) in [5.74, 6) is 0.880. The molecule has 2 rings (SSSR count). The van der Waals surface area contributed by atoms with Gasteiger partial charge in [-0.2, -0.15) is 11.8 Å². The van der Waals surface area contributed by atoms with Gasteiger partial charge in [-0.15, -0.1) is 0 Å². The van der Waals surface area contributed by atoms with Crippen molar-refractivity contribution in [1.29, 1.82) is 0 Å². The maximum absolute atomic E-state index is 11.7. The van der Waals surface area contributed by atoms with Gasteiger partial charge in [-0.25, -0.2) is 0 Å². The van der Waals surface area contributed by atoms with Crippen LogP contribution in [0, 0.1) is 0 Å². The van der Waals surface area contributed by atoms with Gasteiger partial charge >= 0.3 is 0 Å². The molecule has 1 aliphatic rings. The van der Waals surface area contributed by atoms with E-state index in [0.717, 1.165) is 6.42 Å². The summed E-state index contributed by atoms with van der Waals surface area (Å²) >= 11 is 1.90. The maximum atomic E-state index is 11.7. The lowest BCUT2D eigenvalue weighted by Gasteiger charge is -2.14. The van der Waals surface area contributed by atoms with Crippen molar-refractivity contribution in [2.45, 2.75) is 24.2 Å². The lowest BCUT2D eigenvalue weighted by Crippen LogP contribution is -2.33. The summed E-state index contributed by atoms with van der Waals surface area (Å²) in [5, 5.41) is 13.2. The second-order valence-corrected chi connectivity index (χ2v) is 5.60. The van der Waals surface area contributed by atoms with Crippen molar-refractivity contribution in [3.8, 4) is 0 Å². The van der Waals surface area contributed by atoms with Gasteiger partial charge in [-0.05, 0) is 24.2 Å². The van der Waals surface area contributed by atoms with Crippen LogP contribution in [0.1, 0.15) is 24.5 Å². The normalized spacial score (nSPS) is 21.1. The Balaban J connectivity index is 1.83. The van der Waals surface area contributed by atoms with E-state index in [1.807, 2.05) is 30.0 Å². The third-order valence-corrected chi connectivity index (χ3v) is 4.29. The number of benzene rings is 1. The predicted octanol–water partition coefficient (Wildman–Crippen LogP) is 1.73. The van der Waals surface area contributed by atoms with Crippen LogP contribution in [-0.4, -0.2) is 28.6 Å². The van der Waals surface area contributed by atoms with Crippen molar-refractivity contribution in [2.24, 2.45) is 0 Å². The summed E-state index contributed by atoms with van der Waals surface area (Å²) in [6.07, 6.45) is 1.33. The van der Waals surface area contributed by atoms with Crippen molar-refractivity contribution >= 4 is 17.7 Å². The minimum absolute atomic E-state index is 0.302. The molecule has 1 aromatic rings. The fourth-order valence-corrected chi connectivity index (χ4v) is 3.10. The van der Waals surface area contributed by atoms with Gasteiger partial charge in [0.05, 0.1) is 0 Å². The van der Waals surface area contributed by atoms with E-state index in [9.17, 15) is 9.90 Å². The number of aliphatic hydroxyl groups is 1. The second-order valence-electron chi connectivity index (χ2n) is 4.19. The fourth-order valence-electron chi connectivity index (χ4n) is 1.90. The lowest BCUT2D eigenvalue weighted by molar-refractivity contribution is -0.129. The van der Waals surface area contributed by atoms with E-state index in [4.69, 9.17) is 0 Å². The fraction of sp³-hybridized carbons (Fsp3) is 0.462. The zero-order valence-electron chi connectivity index (χ0n) is 9.63. The van der Waals surface area contributed by atoms with E-state index in [2.05, 4.69) is 5.32 Å². The van der Waals surface area contributed by atoms with E-state index < -0.39 is 6.10 Å². The summed E-state index contributed by atoms with van der Waals surface area (Å²) in [6, 6.07) is 9.02. The average molecular weight is 251 g/mol.